The Morgan fingerprint density at radius 2 is 2.11 bits per heavy atom. The Morgan fingerprint density at radius 3 is 2.72 bits per heavy atom. The van der Waals surface area contributed by atoms with Gasteiger partial charge in [-0.25, -0.2) is 0 Å². The van der Waals surface area contributed by atoms with E-state index in [2.05, 4.69) is 5.32 Å². The first kappa shape index (κ1) is 14.1. The highest BCUT2D eigenvalue weighted by Crippen LogP contribution is 2.48. The zero-order valence-electron chi connectivity index (χ0n) is 10.6. The zero-order valence-corrected chi connectivity index (χ0v) is 12.2. The number of rotatable bonds is 7. The van der Waals surface area contributed by atoms with E-state index in [0.717, 1.165) is 31.1 Å². The smallest absolute Gasteiger partial charge is 0.0587 e. The van der Waals surface area contributed by atoms with Gasteiger partial charge in [0.05, 0.1) is 6.61 Å². The summed E-state index contributed by atoms with van der Waals surface area (Å²) in [6, 6.07) is 5.78. The molecule has 0 saturated heterocycles. The molecule has 1 aromatic carbocycles. The van der Waals surface area contributed by atoms with Crippen molar-refractivity contribution in [1.82, 2.24) is 5.32 Å². The van der Waals surface area contributed by atoms with E-state index in [1.165, 1.54) is 18.4 Å². The van der Waals surface area contributed by atoms with E-state index < -0.39 is 0 Å². The lowest BCUT2D eigenvalue weighted by Crippen LogP contribution is -2.28. The molecular weight excluding hydrogens is 269 g/mol. The van der Waals surface area contributed by atoms with Gasteiger partial charge in [0.25, 0.3) is 0 Å². The average Bonchev–Trinajstić information content (AvgIpc) is 3.09. The molecular formula is C14H19Cl2NO. The molecule has 1 fully saturated rings. The third-order valence-electron chi connectivity index (χ3n) is 3.52. The van der Waals surface area contributed by atoms with Gasteiger partial charge in [-0.05, 0) is 42.4 Å². The van der Waals surface area contributed by atoms with E-state index >= 15 is 0 Å². The van der Waals surface area contributed by atoms with E-state index in [1.54, 1.807) is 7.11 Å². The Bertz CT molecular complexity index is 405. The third kappa shape index (κ3) is 3.86. The van der Waals surface area contributed by atoms with Crippen molar-refractivity contribution in [1.29, 1.82) is 0 Å². The number of hydrogen-bond acceptors (Lipinski definition) is 2. The zero-order chi connectivity index (χ0) is 13.0. The lowest BCUT2D eigenvalue weighted by molar-refractivity contribution is 0.197. The molecule has 0 bridgehead atoms. The van der Waals surface area contributed by atoms with Crippen molar-refractivity contribution in [3.8, 4) is 0 Å². The molecule has 1 N–H and O–H groups in total. The summed E-state index contributed by atoms with van der Waals surface area (Å²) in [5.74, 6) is 0. The van der Waals surface area contributed by atoms with Crippen molar-refractivity contribution >= 4 is 23.2 Å². The molecule has 0 atom stereocenters. The monoisotopic (exact) mass is 287 g/mol. The highest BCUT2D eigenvalue weighted by Gasteiger charge is 2.42. The Labute approximate surface area is 119 Å². The van der Waals surface area contributed by atoms with Crippen LogP contribution in [0.25, 0.3) is 0 Å². The number of benzene rings is 1. The van der Waals surface area contributed by atoms with Crippen molar-refractivity contribution < 1.29 is 4.74 Å². The van der Waals surface area contributed by atoms with E-state index in [1.807, 2.05) is 18.2 Å². The van der Waals surface area contributed by atoms with Crippen LogP contribution in [0.1, 0.15) is 18.4 Å². The average molecular weight is 288 g/mol. The molecule has 4 heteroatoms. The van der Waals surface area contributed by atoms with Gasteiger partial charge in [0.15, 0.2) is 0 Å². The van der Waals surface area contributed by atoms with Gasteiger partial charge < -0.3 is 10.1 Å². The van der Waals surface area contributed by atoms with Crippen LogP contribution in [0.3, 0.4) is 0 Å². The molecule has 1 aromatic rings. The van der Waals surface area contributed by atoms with Crippen LogP contribution >= 0.6 is 23.2 Å². The number of methoxy groups -OCH3 is 1. The maximum Gasteiger partial charge on any atom is 0.0587 e. The molecule has 1 aliphatic rings. The van der Waals surface area contributed by atoms with Crippen LogP contribution in [0.5, 0.6) is 0 Å². The van der Waals surface area contributed by atoms with Gasteiger partial charge in [-0.15, -0.1) is 0 Å². The minimum absolute atomic E-state index is 0.394. The van der Waals surface area contributed by atoms with E-state index in [-0.39, 0.29) is 0 Å². The quantitative estimate of drug-likeness (QED) is 0.775. The topological polar surface area (TPSA) is 21.3 Å². The van der Waals surface area contributed by atoms with Crippen LogP contribution in [0, 0.1) is 5.41 Å². The summed E-state index contributed by atoms with van der Waals surface area (Å²) in [4.78, 5) is 0. The van der Waals surface area contributed by atoms with Gasteiger partial charge in [0.2, 0.25) is 0 Å². The second-order valence-electron chi connectivity index (χ2n) is 5.08. The van der Waals surface area contributed by atoms with Crippen LogP contribution in [0.2, 0.25) is 10.0 Å². The molecule has 100 valence electrons. The third-order valence-corrected chi connectivity index (χ3v) is 4.11. The van der Waals surface area contributed by atoms with Crippen molar-refractivity contribution in [3.05, 3.63) is 33.8 Å². The Hall–Kier alpha value is -0.280. The van der Waals surface area contributed by atoms with Crippen LogP contribution in [-0.4, -0.2) is 26.8 Å². The van der Waals surface area contributed by atoms with Crippen molar-refractivity contribution in [3.63, 3.8) is 0 Å². The fraction of sp³-hybridized carbons (Fsp3) is 0.571. The summed E-state index contributed by atoms with van der Waals surface area (Å²) in [6.45, 7) is 2.71. The molecule has 0 amide bonds. The first-order chi connectivity index (χ1) is 8.65. The summed E-state index contributed by atoms with van der Waals surface area (Å²) < 4.78 is 5.03. The molecule has 0 unspecified atom stereocenters. The number of ether oxygens (including phenoxy) is 1. The van der Waals surface area contributed by atoms with Crippen molar-refractivity contribution in [2.45, 2.75) is 19.3 Å². The summed E-state index contributed by atoms with van der Waals surface area (Å²) in [5.41, 5.74) is 1.60. The maximum absolute atomic E-state index is 6.22. The Balaban J connectivity index is 1.88. The van der Waals surface area contributed by atoms with Gasteiger partial charge >= 0.3 is 0 Å². The van der Waals surface area contributed by atoms with E-state index in [0.29, 0.717) is 10.4 Å². The summed E-state index contributed by atoms with van der Waals surface area (Å²) in [5, 5.41) is 4.93. The number of halogens is 2. The van der Waals surface area contributed by atoms with Crippen LogP contribution in [0.15, 0.2) is 18.2 Å². The molecule has 2 rings (SSSR count). The van der Waals surface area contributed by atoms with Gasteiger partial charge in [0, 0.05) is 30.2 Å². The molecule has 1 saturated carbocycles. The van der Waals surface area contributed by atoms with Crippen molar-refractivity contribution in [2.75, 3.05) is 26.8 Å². The largest absolute Gasteiger partial charge is 0.383 e. The summed E-state index contributed by atoms with van der Waals surface area (Å²) in [7, 11) is 1.72. The molecule has 0 radical (unpaired) electrons. The first-order valence-electron chi connectivity index (χ1n) is 6.29. The molecule has 0 aliphatic heterocycles. The van der Waals surface area contributed by atoms with Crippen LogP contribution < -0.4 is 5.32 Å². The number of hydrogen-bond donors (Lipinski definition) is 1. The molecule has 0 heterocycles. The van der Waals surface area contributed by atoms with Crippen molar-refractivity contribution in [2.24, 2.45) is 5.41 Å². The highest BCUT2D eigenvalue weighted by molar-refractivity contribution is 6.35. The van der Waals surface area contributed by atoms with Gasteiger partial charge in [0.1, 0.15) is 0 Å². The second kappa shape index (κ2) is 6.25. The molecule has 0 aromatic heterocycles. The van der Waals surface area contributed by atoms with Gasteiger partial charge in [-0.2, -0.15) is 0 Å². The standard InChI is InChI=1S/C14H19Cl2NO/c1-18-7-6-17-10-14(4-5-14)9-11-2-3-12(15)8-13(11)16/h2-3,8,17H,4-7,9-10H2,1H3. The first-order valence-corrected chi connectivity index (χ1v) is 7.04. The highest BCUT2D eigenvalue weighted by atomic mass is 35.5. The fourth-order valence-electron chi connectivity index (χ4n) is 2.19. The second-order valence-corrected chi connectivity index (χ2v) is 5.93. The Morgan fingerprint density at radius 1 is 1.33 bits per heavy atom. The Kier molecular flexibility index (Phi) is 4.91. The fourth-order valence-corrected chi connectivity index (χ4v) is 2.66. The normalized spacial score (nSPS) is 16.8. The minimum Gasteiger partial charge on any atom is -0.383 e. The summed E-state index contributed by atoms with van der Waals surface area (Å²) >= 11 is 12.1. The SMILES string of the molecule is COCCNCC1(Cc2ccc(Cl)cc2Cl)CC1. The molecule has 18 heavy (non-hydrogen) atoms. The van der Waals surface area contributed by atoms with E-state index in [4.69, 9.17) is 27.9 Å². The number of nitrogens with one attached hydrogen (secondary N) is 1. The van der Waals surface area contributed by atoms with Gasteiger partial charge in [-0.3, -0.25) is 0 Å². The summed E-state index contributed by atoms with van der Waals surface area (Å²) in [6.07, 6.45) is 3.57. The predicted molar refractivity (Wildman–Crippen MR) is 76.6 cm³/mol. The maximum atomic E-state index is 6.22. The minimum atomic E-state index is 0.394. The molecule has 2 nitrogen and oxygen atoms in total. The molecule has 1 aliphatic carbocycles. The van der Waals surface area contributed by atoms with Gasteiger partial charge in [-0.1, -0.05) is 29.3 Å². The lowest BCUT2D eigenvalue weighted by Gasteiger charge is -2.17. The predicted octanol–water partition coefficient (Wildman–Crippen LogP) is 3.55. The lowest BCUT2D eigenvalue weighted by atomic mass is 9.96. The van der Waals surface area contributed by atoms with E-state index in [9.17, 15) is 0 Å². The van der Waals surface area contributed by atoms with Crippen LogP contribution in [0.4, 0.5) is 0 Å². The van der Waals surface area contributed by atoms with Crippen LogP contribution in [-0.2, 0) is 11.2 Å². The molecule has 0 spiro atoms.